The highest BCUT2D eigenvalue weighted by Crippen LogP contribution is 2.17. The van der Waals surface area contributed by atoms with Crippen LogP contribution >= 0.6 is 0 Å². The SMILES string of the molecule is Cc1ccc(CNS(=O)(=O)c2ccc3c(c2)ncn3C)cc1. The Labute approximate surface area is 129 Å². The lowest BCUT2D eigenvalue weighted by molar-refractivity contribution is 0.581. The Morgan fingerprint density at radius 1 is 1.14 bits per heavy atom. The third-order valence-corrected chi connectivity index (χ3v) is 4.99. The molecule has 114 valence electrons. The van der Waals surface area contributed by atoms with Gasteiger partial charge in [-0.3, -0.25) is 0 Å². The molecule has 1 heterocycles. The maximum atomic E-state index is 12.4. The third-order valence-electron chi connectivity index (χ3n) is 3.59. The predicted octanol–water partition coefficient (Wildman–Crippen LogP) is 2.36. The van der Waals surface area contributed by atoms with Gasteiger partial charge in [-0.05, 0) is 30.7 Å². The zero-order chi connectivity index (χ0) is 15.7. The fourth-order valence-corrected chi connectivity index (χ4v) is 3.29. The van der Waals surface area contributed by atoms with Crippen molar-refractivity contribution in [3.63, 3.8) is 0 Å². The van der Waals surface area contributed by atoms with Gasteiger partial charge in [-0.25, -0.2) is 18.1 Å². The van der Waals surface area contributed by atoms with E-state index < -0.39 is 10.0 Å². The van der Waals surface area contributed by atoms with E-state index in [1.165, 1.54) is 0 Å². The zero-order valence-electron chi connectivity index (χ0n) is 12.4. The monoisotopic (exact) mass is 315 g/mol. The maximum Gasteiger partial charge on any atom is 0.240 e. The molecule has 1 N–H and O–H groups in total. The van der Waals surface area contributed by atoms with E-state index in [1.54, 1.807) is 24.5 Å². The van der Waals surface area contributed by atoms with Crippen molar-refractivity contribution in [2.45, 2.75) is 18.4 Å². The van der Waals surface area contributed by atoms with Crippen LogP contribution < -0.4 is 4.72 Å². The number of nitrogens with one attached hydrogen (secondary N) is 1. The Kier molecular flexibility index (Phi) is 3.72. The summed E-state index contributed by atoms with van der Waals surface area (Å²) in [6, 6.07) is 12.7. The summed E-state index contributed by atoms with van der Waals surface area (Å²) in [5.74, 6) is 0. The number of sulfonamides is 1. The summed E-state index contributed by atoms with van der Waals surface area (Å²) >= 11 is 0. The molecule has 5 nitrogen and oxygen atoms in total. The van der Waals surface area contributed by atoms with Gasteiger partial charge in [0.2, 0.25) is 10.0 Å². The minimum Gasteiger partial charge on any atom is -0.334 e. The number of imidazole rings is 1. The number of aromatic nitrogens is 2. The van der Waals surface area contributed by atoms with Gasteiger partial charge in [0.1, 0.15) is 0 Å². The topological polar surface area (TPSA) is 64.0 Å². The average molecular weight is 315 g/mol. The number of rotatable bonds is 4. The van der Waals surface area contributed by atoms with Gasteiger partial charge in [0, 0.05) is 13.6 Å². The van der Waals surface area contributed by atoms with Crippen LogP contribution in [0.2, 0.25) is 0 Å². The number of hydrogen-bond donors (Lipinski definition) is 1. The highest BCUT2D eigenvalue weighted by atomic mass is 32.2. The Bertz CT molecular complexity index is 912. The molecule has 22 heavy (non-hydrogen) atoms. The molecule has 0 atom stereocenters. The Hall–Kier alpha value is -2.18. The van der Waals surface area contributed by atoms with Crippen LogP contribution in [-0.2, 0) is 23.6 Å². The number of aryl methyl sites for hydroxylation is 2. The highest BCUT2D eigenvalue weighted by molar-refractivity contribution is 7.89. The number of benzene rings is 2. The number of fused-ring (bicyclic) bond motifs is 1. The lowest BCUT2D eigenvalue weighted by Crippen LogP contribution is -2.23. The van der Waals surface area contributed by atoms with Crippen LogP contribution in [0.5, 0.6) is 0 Å². The molecule has 0 aliphatic carbocycles. The van der Waals surface area contributed by atoms with Crippen LogP contribution in [0.25, 0.3) is 11.0 Å². The molecule has 0 saturated heterocycles. The first-order valence-corrected chi connectivity index (χ1v) is 8.40. The van der Waals surface area contributed by atoms with Gasteiger partial charge in [-0.1, -0.05) is 29.8 Å². The standard InChI is InChI=1S/C16H17N3O2S/c1-12-3-5-13(6-4-12)10-18-22(20,21)14-7-8-16-15(9-14)17-11-19(16)2/h3-9,11,18H,10H2,1-2H3. The smallest absolute Gasteiger partial charge is 0.240 e. The quantitative estimate of drug-likeness (QED) is 0.804. The van der Waals surface area contributed by atoms with Crippen LogP contribution in [0, 0.1) is 6.92 Å². The van der Waals surface area contributed by atoms with Crippen molar-refractivity contribution in [2.75, 3.05) is 0 Å². The molecule has 6 heteroatoms. The van der Waals surface area contributed by atoms with Crippen molar-refractivity contribution >= 4 is 21.1 Å². The second-order valence-corrected chi connectivity index (χ2v) is 7.08. The Balaban J connectivity index is 1.83. The van der Waals surface area contributed by atoms with Crippen LogP contribution in [0.3, 0.4) is 0 Å². The van der Waals surface area contributed by atoms with Gasteiger partial charge in [0.05, 0.1) is 22.3 Å². The second-order valence-electron chi connectivity index (χ2n) is 5.32. The van der Waals surface area contributed by atoms with Crippen LogP contribution in [0.15, 0.2) is 53.7 Å². The fourth-order valence-electron chi connectivity index (χ4n) is 2.25. The molecule has 0 saturated carbocycles. The summed E-state index contributed by atoms with van der Waals surface area (Å²) in [6.07, 6.45) is 1.67. The van der Waals surface area contributed by atoms with Crippen molar-refractivity contribution in [3.8, 4) is 0 Å². The van der Waals surface area contributed by atoms with Crippen molar-refractivity contribution < 1.29 is 8.42 Å². The Morgan fingerprint density at radius 3 is 2.59 bits per heavy atom. The molecule has 3 aromatic rings. The average Bonchev–Trinajstić information content (AvgIpc) is 2.88. The zero-order valence-corrected chi connectivity index (χ0v) is 13.3. The molecule has 0 spiro atoms. The molecule has 0 aliphatic rings. The van der Waals surface area contributed by atoms with Crippen LogP contribution in [0.4, 0.5) is 0 Å². The summed E-state index contributed by atoms with van der Waals surface area (Å²) in [5.41, 5.74) is 3.64. The molecule has 0 aliphatic heterocycles. The van der Waals surface area contributed by atoms with E-state index in [0.29, 0.717) is 5.52 Å². The predicted molar refractivity (Wildman–Crippen MR) is 85.9 cm³/mol. The first-order valence-electron chi connectivity index (χ1n) is 6.92. The van der Waals surface area contributed by atoms with Gasteiger partial charge in [-0.2, -0.15) is 0 Å². The van der Waals surface area contributed by atoms with Gasteiger partial charge in [0.15, 0.2) is 0 Å². The summed E-state index contributed by atoms with van der Waals surface area (Å²) in [6.45, 7) is 2.26. The number of hydrogen-bond acceptors (Lipinski definition) is 3. The van der Waals surface area contributed by atoms with Gasteiger partial charge >= 0.3 is 0 Å². The van der Waals surface area contributed by atoms with Crippen LogP contribution in [0.1, 0.15) is 11.1 Å². The van der Waals surface area contributed by atoms with Gasteiger partial charge in [0.25, 0.3) is 0 Å². The van der Waals surface area contributed by atoms with Crippen molar-refractivity contribution in [2.24, 2.45) is 7.05 Å². The Morgan fingerprint density at radius 2 is 1.86 bits per heavy atom. The van der Waals surface area contributed by atoms with E-state index in [2.05, 4.69) is 9.71 Å². The van der Waals surface area contributed by atoms with E-state index in [1.807, 2.05) is 42.8 Å². The van der Waals surface area contributed by atoms with Crippen molar-refractivity contribution in [1.29, 1.82) is 0 Å². The third kappa shape index (κ3) is 2.88. The van der Waals surface area contributed by atoms with Gasteiger partial charge in [-0.15, -0.1) is 0 Å². The molecule has 3 rings (SSSR count). The molecule has 0 fully saturated rings. The second kappa shape index (κ2) is 5.55. The minimum absolute atomic E-state index is 0.228. The molecule has 0 amide bonds. The first-order chi connectivity index (χ1) is 10.5. The van der Waals surface area contributed by atoms with Crippen LogP contribution in [-0.4, -0.2) is 18.0 Å². The van der Waals surface area contributed by atoms with E-state index in [-0.39, 0.29) is 11.4 Å². The normalized spacial score (nSPS) is 11.9. The minimum atomic E-state index is -3.55. The van der Waals surface area contributed by atoms with Gasteiger partial charge < -0.3 is 4.57 Å². The lowest BCUT2D eigenvalue weighted by Gasteiger charge is -2.07. The summed E-state index contributed by atoms with van der Waals surface area (Å²) < 4.78 is 29.2. The highest BCUT2D eigenvalue weighted by Gasteiger charge is 2.15. The number of nitrogens with zero attached hydrogens (tertiary/aromatic N) is 2. The first kappa shape index (κ1) is 14.7. The molecule has 0 unspecified atom stereocenters. The fraction of sp³-hybridized carbons (Fsp3) is 0.188. The van der Waals surface area contributed by atoms with E-state index in [4.69, 9.17) is 0 Å². The van der Waals surface area contributed by atoms with E-state index in [0.717, 1.165) is 16.6 Å². The summed E-state index contributed by atoms with van der Waals surface area (Å²) in [7, 11) is -1.68. The molecule has 0 bridgehead atoms. The molecule has 0 radical (unpaired) electrons. The maximum absolute atomic E-state index is 12.4. The largest absolute Gasteiger partial charge is 0.334 e. The van der Waals surface area contributed by atoms with E-state index in [9.17, 15) is 8.42 Å². The summed E-state index contributed by atoms with van der Waals surface area (Å²) in [5, 5.41) is 0. The molecular formula is C16H17N3O2S. The van der Waals surface area contributed by atoms with Crippen molar-refractivity contribution in [3.05, 3.63) is 59.9 Å². The molecular weight excluding hydrogens is 298 g/mol. The summed E-state index contributed by atoms with van der Waals surface area (Å²) in [4.78, 5) is 4.42. The van der Waals surface area contributed by atoms with Crippen molar-refractivity contribution in [1.82, 2.24) is 14.3 Å². The molecule has 1 aromatic heterocycles. The molecule has 2 aromatic carbocycles. The lowest BCUT2D eigenvalue weighted by atomic mass is 10.2. The van der Waals surface area contributed by atoms with E-state index >= 15 is 0 Å².